The largest absolute Gasteiger partial charge is 0.324 e. The van der Waals surface area contributed by atoms with E-state index >= 15 is 0 Å². The molecule has 1 N–H and O–H groups in total. The summed E-state index contributed by atoms with van der Waals surface area (Å²) in [6.45, 7) is 8.18. The second kappa shape index (κ2) is 9.48. The summed E-state index contributed by atoms with van der Waals surface area (Å²) in [6, 6.07) is 11.2. The van der Waals surface area contributed by atoms with Crippen molar-refractivity contribution in [2.75, 3.05) is 11.1 Å². The molecule has 0 spiro atoms. The van der Waals surface area contributed by atoms with Gasteiger partial charge in [0, 0.05) is 12.1 Å². The van der Waals surface area contributed by atoms with Gasteiger partial charge >= 0.3 is 0 Å². The van der Waals surface area contributed by atoms with E-state index in [4.69, 9.17) is 23.2 Å². The van der Waals surface area contributed by atoms with Crippen LogP contribution >= 0.6 is 35.0 Å². The standard InChI is InChI=1S/C21H20Cl2N4OS/c1-4-9-27-20(15-7-5-6-8-16(15)22)25-26-21(27)29-12-18(28)24-19-14(3)10-13(2)11-17(19)23/h4-8,10-11H,1,9,12H2,2-3H3,(H,24,28). The molecule has 0 aliphatic heterocycles. The molecule has 1 amide bonds. The summed E-state index contributed by atoms with van der Waals surface area (Å²) in [5.41, 5.74) is 3.38. The first-order valence-electron chi connectivity index (χ1n) is 8.89. The number of nitrogens with zero attached hydrogens (tertiary/aromatic N) is 3. The van der Waals surface area contributed by atoms with E-state index in [1.807, 2.05) is 48.7 Å². The number of anilines is 1. The normalized spacial score (nSPS) is 10.8. The number of aromatic nitrogens is 3. The van der Waals surface area contributed by atoms with Gasteiger partial charge in [-0.2, -0.15) is 0 Å². The van der Waals surface area contributed by atoms with E-state index in [0.29, 0.717) is 33.3 Å². The Labute approximate surface area is 184 Å². The highest BCUT2D eigenvalue weighted by Gasteiger charge is 2.17. The molecule has 0 saturated heterocycles. The molecule has 0 radical (unpaired) electrons. The molecule has 0 aliphatic carbocycles. The predicted molar refractivity (Wildman–Crippen MR) is 121 cm³/mol. The van der Waals surface area contributed by atoms with Gasteiger partial charge in [0.25, 0.3) is 0 Å². The van der Waals surface area contributed by atoms with Crippen LogP contribution in [-0.4, -0.2) is 26.4 Å². The summed E-state index contributed by atoms with van der Waals surface area (Å²) in [7, 11) is 0. The highest BCUT2D eigenvalue weighted by atomic mass is 35.5. The van der Waals surface area contributed by atoms with Crippen molar-refractivity contribution in [1.29, 1.82) is 0 Å². The topological polar surface area (TPSA) is 59.8 Å². The second-order valence-electron chi connectivity index (χ2n) is 6.46. The van der Waals surface area contributed by atoms with Crippen molar-refractivity contribution in [2.45, 2.75) is 25.5 Å². The van der Waals surface area contributed by atoms with E-state index in [1.54, 1.807) is 12.1 Å². The number of aryl methyl sites for hydroxylation is 2. The van der Waals surface area contributed by atoms with Gasteiger partial charge in [-0.3, -0.25) is 9.36 Å². The van der Waals surface area contributed by atoms with Gasteiger partial charge in [-0.1, -0.05) is 59.2 Å². The Bertz CT molecular complexity index is 1040. The van der Waals surface area contributed by atoms with Crippen molar-refractivity contribution < 1.29 is 4.79 Å². The minimum Gasteiger partial charge on any atom is -0.324 e. The van der Waals surface area contributed by atoms with Crippen LogP contribution in [0.25, 0.3) is 11.4 Å². The van der Waals surface area contributed by atoms with Crippen molar-refractivity contribution in [1.82, 2.24) is 14.8 Å². The van der Waals surface area contributed by atoms with E-state index < -0.39 is 0 Å². The summed E-state index contributed by atoms with van der Waals surface area (Å²) >= 11 is 13.9. The van der Waals surface area contributed by atoms with E-state index in [9.17, 15) is 4.79 Å². The molecule has 0 saturated carbocycles. The number of thioether (sulfide) groups is 1. The molecule has 1 aromatic heterocycles. The zero-order valence-electron chi connectivity index (χ0n) is 16.1. The van der Waals surface area contributed by atoms with Crippen LogP contribution in [0.2, 0.25) is 10.0 Å². The Morgan fingerprint density at radius 2 is 1.97 bits per heavy atom. The van der Waals surface area contributed by atoms with Crippen LogP contribution < -0.4 is 5.32 Å². The molecule has 8 heteroatoms. The average Bonchev–Trinajstić information content (AvgIpc) is 3.06. The van der Waals surface area contributed by atoms with Gasteiger partial charge in [0.2, 0.25) is 5.91 Å². The number of carbonyl (C=O) groups is 1. The number of nitrogens with one attached hydrogen (secondary N) is 1. The maximum atomic E-state index is 12.5. The monoisotopic (exact) mass is 446 g/mol. The molecule has 2 aromatic carbocycles. The molecule has 1 heterocycles. The van der Waals surface area contributed by atoms with Crippen molar-refractivity contribution in [2.24, 2.45) is 0 Å². The lowest BCUT2D eigenvalue weighted by molar-refractivity contribution is -0.113. The zero-order valence-corrected chi connectivity index (χ0v) is 18.4. The zero-order chi connectivity index (χ0) is 21.0. The summed E-state index contributed by atoms with van der Waals surface area (Å²) in [5, 5.41) is 13.1. The fourth-order valence-electron chi connectivity index (χ4n) is 2.91. The number of rotatable bonds is 7. The molecule has 0 fully saturated rings. The van der Waals surface area contributed by atoms with E-state index in [-0.39, 0.29) is 11.7 Å². The fraction of sp³-hybridized carbons (Fsp3) is 0.190. The minimum absolute atomic E-state index is 0.168. The number of halogens is 2. The molecule has 0 atom stereocenters. The second-order valence-corrected chi connectivity index (χ2v) is 8.22. The molecule has 0 unspecified atom stereocenters. The van der Waals surface area contributed by atoms with Crippen LogP contribution in [0.15, 0.2) is 54.2 Å². The van der Waals surface area contributed by atoms with Gasteiger partial charge in [0.05, 0.1) is 21.5 Å². The number of benzene rings is 2. The third-order valence-electron chi connectivity index (χ3n) is 4.17. The first kappa shape index (κ1) is 21.4. The average molecular weight is 447 g/mol. The Hall–Kier alpha value is -2.28. The molecule has 3 aromatic rings. The van der Waals surface area contributed by atoms with Crippen molar-refractivity contribution in [3.63, 3.8) is 0 Å². The molecule has 150 valence electrons. The van der Waals surface area contributed by atoms with Gasteiger partial charge in [-0.05, 0) is 43.2 Å². The third kappa shape index (κ3) is 5.01. The van der Waals surface area contributed by atoms with Gasteiger partial charge < -0.3 is 5.32 Å². The molecule has 3 rings (SSSR count). The SMILES string of the molecule is C=CCn1c(SCC(=O)Nc2c(C)cc(C)cc2Cl)nnc1-c1ccccc1Cl. The van der Waals surface area contributed by atoms with Crippen molar-refractivity contribution >= 4 is 46.6 Å². The van der Waals surface area contributed by atoms with E-state index in [1.165, 1.54) is 11.8 Å². The van der Waals surface area contributed by atoms with Crippen molar-refractivity contribution in [3.8, 4) is 11.4 Å². The smallest absolute Gasteiger partial charge is 0.234 e. The minimum atomic E-state index is -0.170. The molecule has 5 nitrogen and oxygen atoms in total. The number of carbonyl (C=O) groups excluding carboxylic acids is 1. The van der Waals surface area contributed by atoms with E-state index in [0.717, 1.165) is 16.7 Å². The highest BCUT2D eigenvalue weighted by Crippen LogP contribution is 2.30. The molecule has 0 bridgehead atoms. The van der Waals surface area contributed by atoms with Crippen LogP contribution in [0.1, 0.15) is 11.1 Å². The first-order chi connectivity index (χ1) is 13.9. The molecule has 29 heavy (non-hydrogen) atoms. The fourth-order valence-corrected chi connectivity index (χ4v) is 4.25. The Morgan fingerprint density at radius 3 is 2.66 bits per heavy atom. The quantitative estimate of drug-likeness (QED) is 0.368. The Morgan fingerprint density at radius 1 is 1.21 bits per heavy atom. The molecular weight excluding hydrogens is 427 g/mol. The van der Waals surface area contributed by atoms with Crippen molar-refractivity contribution in [3.05, 3.63) is 70.2 Å². The first-order valence-corrected chi connectivity index (χ1v) is 10.6. The number of allylic oxidation sites excluding steroid dienone is 1. The predicted octanol–water partition coefficient (Wildman–Crippen LogP) is 5.79. The van der Waals surface area contributed by atoms with Crippen LogP contribution in [0, 0.1) is 13.8 Å². The molecular formula is C21H20Cl2N4OS. The van der Waals surface area contributed by atoms with E-state index in [2.05, 4.69) is 22.1 Å². The maximum Gasteiger partial charge on any atom is 0.234 e. The van der Waals surface area contributed by atoms with Gasteiger partial charge in [0.1, 0.15) is 0 Å². The maximum absolute atomic E-state index is 12.5. The van der Waals surface area contributed by atoms with Crippen LogP contribution in [0.3, 0.4) is 0 Å². The third-order valence-corrected chi connectivity index (χ3v) is 5.77. The number of amides is 1. The Balaban J connectivity index is 1.76. The van der Waals surface area contributed by atoms with Crippen LogP contribution in [0.4, 0.5) is 5.69 Å². The summed E-state index contributed by atoms with van der Waals surface area (Å²) in [4.78, 5) is 12.5. The number of hydrogen-bond acceptors (Lipinski definition) is 4. The summed E-state index contributed by atoms with van der Waals surface area (Å²) < 4.78 is 1.89. The molecule has 0 aliphatic rings. The number of hydrogen-bond donors (Lipinski definition) is 1. The summed E-state index contributed by atoms with van der Waals surface area (Å²) in [6.07, 6.45) is 1.75. The van der Waals surface area contributed by atoms with Crippen LogP contribution in [0.5, 0.6) is 0 Å². The lowest BCUT2D eigenvalue weighted by Crippen LogP contribution is -2.16. The Kier molecular flexibility index (Phi) is 7.00. The van der Waals surface area contributed by atoms with Crippen LogP contribution in [-0.2, 0) is 11.3 Å². The van der Waals surface area contributed by atoms with Gasteiger partial charge in [-0.15, -0.1) is 16.8 Å². The summed E-state index contributed by atoms with van der Waals surface area (Å²) in [5.74, 6) is 0.633. The van der Waals surface area contributed by atoms with Gasteiger partial charge in [-0.25, -0.2) is 0 Å². The lowest BCUT2D eigenvalue weighted by Gasteiger charge is -2.12. The van der Waals surface area contributed by atoms with Gasteiger partial charge in [0.15, 0.2) is 11.0 Å². The lowest BCUT2D eigenvalue weighted by atomic mass is 10.1. The highest BCUT2D eigenvalue weighted by molar-refractivity contribution is 7.99.